The molecule has 0 saturated heterocycles. The van der Waals surface area contributed by atoms with Crippen LogP contribution in [0.5, 0.6) is 0 Å². The smallest absolute Gasteiger partial charge is 0.315 e. The number of anilines is 1. The molecule has 1 amide bonds. The van der Waals surface area contributed by atoms with Crippen LogP contribution in [0.4, 0.5) is 5.69 Å². The highest BCUT2D eigenvalue weighted by molar-refractivity contribution is 8.00. The van der Waals surface area contributed by atoms with Gasteiger partial charge in [0.25, 0.3) is 0 Å². The lowest BCUT2D eigenvalue weighted by Crippen LogP contribution is -2.21. The van der Waals surface area contributed by atoms with Gasteiger partial charge in [-0.1, -0.05) is 42.5 Å². The van der Waals surface area contributed by atoms with Crippen LogP contribution >= 0.6 is 11.8 Å². The molecule has 136 valence electrons. The van der Waals surface area contributed by atoms with Gasteiger partial charge in [-0.25, -0.2) is 0 Å². The summed E-state index contributed by atoms with van der Waals surface area (Å²) in [6, 6.07) is 16.0. The second-order valence-corrected chi connectivity index (χ2v) is 6.63. The van der Waals surface area contributed by atoms with Crippen LogP contribution in [0.3, 0.4) is 0 Å². The van der Waals surface area contributed by atoms with Crippen LogP contribution in [0.2, 0.25) is 0 Å². The molecule has 0 spiro atoms. The van der Waals surface area contributed by atoms with Gasteiger partial charge in [-0.2, -0.15) is 0 Å². The van der Waals surface area contributed by atoms with Crippen molar-refractivity contribution in [2.24, 2.45) is 0 Å². The van der Waals surface area contributed by atoms with Crippen molar-refractivity contribution in [3.05, 3.63) is 65.7 Å². The quantitative estimate of drug-likeness (QED) is 0.563. The summed E-state index contributed by atoms with van der Waals surface area (Å²) >= 11 is 1.21. The van der Waals surface area contributed by atoms with E-state index in [2.05, 4.69) is 5.32 Å². The topological polar surface area (TPSA) is 72.5 Å². The number of ketones is 1. The summed E-state index contributed by atoms with van der Waals surface area (Å²) in [6.45, 7) is 3.52. The van der Waals surface area contributed by atoms with E-state index < -0.39 is 5.25 Å². The zero-order valence-electron chi connectivity index (χ0n) is 14.7. The second-order valence-electron chi connectivity index (χ2n) is 5.53. The van der Waals surface area contributed by atoms with Crippen LogP contribution in [0.25, 0.3) is 0 Å². The molecule has 0 bridgehead atoms. The molecule has 2 rings (SSSR count). The van der Waals surface area contributed by atoms with E-state index in [1.807, 2.05) is 30.3 Å². The zero-order valence-corrected chi connectivity index (χ0v) is 15.5. The van der Waals surface area contributed by atoms with Crippen molar-refractivity contribution in [2.45, 2.75) is 19.1 Å². The average Bonchev–Trinajstić information content (AvgIpc) is 2.63. The summed E-state index contributed by atoms with van der Waals surface area (Å²) in [7, 11) is 0. The third-order valence-electron chi connectivity index (χ3n) is 3.55. The van der Waals surface area contributed by atoms with Gasteiger partial charge < -0.3 is 10.1 Å². The van der Waals surface area contributed by atoms with Crippen molar-refractivity contribution in [2.75, 3.05) is 17.7 Å². The number of nitrogens with one attached hydrogen (secondary N) is 1. The van der Waals surface area contributed by atoms with Gasteiger partial charge in [0, 0.05) is 11.3 Å². The lowest BCUT2D eigenvalue weighted by molar-refractivity contribution is -0.139. The van der Waals surface area contributed by atoms with Gasteiger partial charge in [0.1, 0.15) is 5.25 Å². The molecule has 0 fully saturated rings. The number of benzene rings is 2. The highest BCUT2D eigenvalue weighted by Crippen LogP contribution is 2.30. The molecular formula is C20H21NO4S. The van der Waals surface area contributed by atoms with Crippen molar-refractivity contribution >= 4 is 35.1 Å². The molecule has 1 atom stereocenters. The minimum absolute atomic E-state index is 0.0719. The fourth-order valence-corrected chi connectivity index (χ4v) is 3.27. The first-order chi connectivity index (χ1) is 12.5. The summed E-state index contributed by atoms with van der Waals surface area (Å²) in [5.74, 6) is -0.609. The minimum atomic E-state index is -0.568. The summed E-state index contributed by atoms with van der Waals surface area (Å²) in [6.07, 6.45) is 0. The number of hydrogen-bond acceptors (Lipinski definition) is 5. The van der Waals surface area contributed by atoms with Gasteiger partial charge in [0.05, 0.1) is 12.4 Å². The second kappa shape index (κ2) is 9.77. The van der Waals surface area contributed by atoms with Gasteiger partial charge in [-0.05, 0) is 31.5 Å². The van der Waals surface area contributed by atoms with Crippen molar-refractivity contribution in [1.82, 2.24) is 0 Å². The normalized spacial score (nSPS) is 11.5. The fraction of sp³-hybridized carbons (Fsp3) is 0.250. The summed E-state index contributed by atoms with van der Waals surface area (Å²) in [4.78, 5) is 36.0. The molecule has 5 nitrogen and oxygen atoms in total. The molecule has 2 aromatic rings. The van der Waals surface area contributed by atoms with Crippen LogP contribution in [-0.2, 0) is 14.3 Å². The molecule has 0 aliphatic heterocycles. The van der Waals surface area contributed by atoms with Gasteiger partial charge in [0.2, 0.25) is 5.91 Å². The molecule has 2 aromatic carbocycles. The van der Waals surface area contributed by atoms with E-state index in [9.17, 15) is 14.4 Å². The monoisotopic (exact) mass is 371 g/mol. The predicted molar refractivity (Wildman–Crippen MR) is 103 cm³/mol. The van der Waals surface area contributed by atoms with E-state index in [0.717, 1.165) is 5.56 Å². The Kier molecular flexibility index (Phi) is 7.41. The van der Waals surface area contributed by atoms with Gasteiger partial charge >= 0.3 is 5.97 Å². The van der Waals surface area contributed by atoms with Crippen LogP contribution in [0.15, 0.2) is 54.6 Å². The van der Waals surface area contributed by atoms with E-state index in [0.29, 0.717) is 17.9 Å². The molecule has 0 aliphatic carbocycles. The summed E-state index contributed by atoms with van der Waals surface area (Å²) in [5, 5.41) is 2.26. The Morgan fingerprint density at radius 1 is 1.08 bits per heavy atom. The van der Waals surface area contributed by atoms with E-state index >= 15 is 0 Å². The van der Waals surface area contributed by atoms with Gasteiger partial charge in [-0.3, -0.25) is 14.4 Å². The Morgan fingerprint density at radius 2 is 1.81 bits per heavy atom. The molecule has 26 heavy (non-hydrogen) atoms. The molecule has 0 heterocycles. The summed E-state index contributed by atoms with van der Waals surface area (Å²) in [5.41, 5.74) is 1.86. The Hall–Kier alpha value is -2.60. The molecule has 0 radical (unpaired) electrons. The van der Waals surface area contributed by atoms with E-state index in [1.165, 1.54) is 18.7 Å². The first-order valence-corrected chi connectivity index (χ1v) is 9.30. The maximum atomic E-state index is 12.8. The summed E-state index contributed by atoms with van der Waals surface area (Å²) < 4.78 is 4.94. The highest BCUT2D eigenvalue weighted by atomic mass is 32.2. The Labute approximate surface area is 157 Å². The van der Waals surface area contributed by atoms with Gasteiger partial charge in [-0.15, -0.1) is 11.8 Å². The third kappa shape index (κ3) is 5.74. The van der Waals surface area contributed by atoms with E-state index in [1.54, 1.807) is 31.2 Å². The number of Topliss-reactive ketones (excluding diaryl/α,β-unsaturated/α-hetero) is 1. The largest absolute Gasteiger partial charge is 0.465 e. The van der Waals surface area contributed by atoms with Crippen molar-refractivity contribution in [3.8, 4) is 0 Å². The maximum absolute atomic E-state index is 12.8. The van der Waals surface area contributed by atoms with Crippen molar-refractivity contribution in [3.63, 3.8) is 0 Å². The number of rotatable bonds is 8. The first-order valence-electron chi connectivity index (χ1n) is 8.25. The number of esters is 1. The fourth-order valence-electron chi connectivity index (χ4n) is 2.33. The van der Waals surface area contributed by atoms with E-state index in [4.69, 9.17) is 4.74 Å². The number of carbonyl (C=O) groups excluding carboxylic acids is 3. The molecule has 1 N–H and O–H groups in total. The average molecular weight is 371 g/mol. The Morgan fingerprint density at radius 3 is 2.46 bits per heavy atom. The van der Waals surface area contributed by atoms with Crippen LogP contribution in [-0.4, -0.2) is 30.0 Å². The zero-order chi connectivity index (χ0) is 18.9. The van der Waals surface area contributed by atoms with Crippen molar-refractivity contribution in [1.29, 1.82) is 0 Å². The molecule has 0 aliphatic rings. The number of carbonyl (C=O) groups is 3. The molecule has 6 heteroatoms. The van der Waals surface area contributed by atoms with Crippen LogP contribution in [0.1, 0.15) is 35.0 Å². The third-order valence-corrected chi connectivity index (χ3v) is 4.77. The molecule has 0 aromatic heterocycles. The highest BCUT2D eigenvalue weighted by Gasteiger charge is 2.23. The van der Waals surface area contributed by atoms with Crippen molar-refractivity contribution < 1.29 is 19.1 Å². The SMILES string of the molecule is CCOC(=O)CS[C@H](C(=O)Nc1cccc(C(C)=O)c1)c1ccccc1. The number of ether oxygens (including phenoxy) is 1. The van der Waals surface area contributed by atoms with Gasteiger partial charge in [0.15, 0.2) is 5.78 Å². The Balaban J connectivity index is 2.16. The lowest BCUT2D eigenvalue weighted by Gasteiger charge is -2.17. The lowest BCUT2D eigenvalue weighted by atomic mass is 10.1. The molecule has 0 saturated carbocycles. The molecule has 0 unspecified atom stereocenters. The van der Waals surface area contributed by atoms with Crippen LogP contribution in [0, 0.1) is 0 Å². The van der Waals surface area contributed by atoms with E-state index in [-0.39, 0.29) is 23.4 Å². The number of hydrogen-bond donors (Lipinski definition) is 1. The predicted octanol–water partition coefficient (Wildman–Crippen LogP) is 3.87. The number of thioether (sulfide) groups is 1. The molecular weight excluding hydrogens is 350 g/mol. The minimum Gasteiger partial charge on any atom is -0.465 e. The standard InChI is InChI=1S/C20H21NO4S/c1-3-25-18(23)13-26-19(15-8-5-4-6-9-15)20(24)21-17-11-7-10-16(12-17)14(2)22/h4-12,19H,3,13H2,1-2H3,(H,21,24)/t19-/m0/s1. The van der Waals surface area contributed by atoms with Crippen LogP contribution < -0.4 is 5.32 Å². The maximum Gasteiger partial charge on any atom is 0.315 e. The number of amides is 1. The first kappa shape index (κ1) is 19.7. The Bertz CT molecular complexity index is 776.